The lowest BCUT2D eigenvalue weighted by Crippen LogP contribution is -2.16. The molecule has 0 fully saturated rings. The first-order valence-electron chi connectivity index (χ1n) is 10.3. The van der Waals surface area contributed by atoms with Gasteiger partial charge in [-0.15, -0.1) is 0 Å². The maximum absolute atomic E-state index is 13.0. The van der Waals surface area contributed by atoms with Gasteiger partial charge in [0.2, 0.25) is 0 Å². The van der Waals surface area contributed by atoms with Crippen LogP contribution in [-0.2, 0) is 4.79 Å². The van der Waals surface area contributed by atoms with Gasteiger partial charge in [-0.05, 0) is 35.6 Å². The van der Waals surface area contributed by atoms with Gasteiger partial charge in [-0.3, -0.25) is 4.79 Å². The van der Waals surface area contributed by atoms with Crippen LogP contribution in [0.15, 0.2) is 96.6 Å². The summed E-state index contributed by atoms with van der Waals surface area (Å²) in [4.78, 5) is 16.7. The predicted octanol–water partition coefficient (Wildman–Crippen LogP) is 6.65. The minimum Gasteiger partial charge on any atom is -0.354 e. The molecule has 1 heterocycles. The molecule has 1 unspecified atom stereocenters. The number of aromatic amines is 1. The second kappa shape index (κ2) is 7.56. The van der Waals surface area contributed by atoms with Crippen molar-refractivity contribution in [1.82, 2.24) is 4.98 Å². The Morgan fingerprint density at radius 2 is 1.48 bits per heavy atom. The molecule has 0 bridgehead atoms. The topological polar surface area (TPSA) is 32.9 Å². The zero-order valence-electron chi connectivity index (χ0n) is 16.3. The molecular weight excluding hydrogens is 354 g/mol. The van der Waals surface area contributed by atoms with Crippen LogP contribution < -0.4 is 0 Å². The van der Waals surface area contributed by atoms with Gasteiger partial charge in [-0.25, -0.2) is 0 Å². The molecular formula is C27H23NO. The van der Waals surface area contributed by atoms with Gasteiger partial charge in [-0.1, -0.05) is 84.9 Å². The van der Waals surface area contributed by atoms with Crippen molar-refractivity contribution in [3.63, 3.8) is 0 Å². The third-order valence-electron chi connectivity index (χ3n) is 5.84. The van der Waals surface area contributed by atoms with E-state index in [-0.39, 0.29) is 11.7 Å². The second-order valence-electron chi connectivity index (χ2n) is 7.64. The van der Waals surface area contributed by atoms with Crippen LogP contribution in [0.1, 0.15) is 36.3 Å². The summed E-state index contributed by atoms with van der Waals surface area (Å²) in [7, 11) is 0. The summed E-state index contributed by atoms with van der Waals surface area (Å²) >= 11 is 0. The highest BCUT2D eigenvalue weighted by Gasteiger charge is 2.30. The molecule has 1 N–H and O–H groups in total. The van der Waals surface area contributed by atoms with Gasteiger partial charge in [0.1, 0.15) is 0 Å². The SMILES string of the molecule is O=C1CCCC=C1C(c1ccccc1)c1c(-c2ccccc2)[nH]c2ccccc12. The monoisotopic (exact) mass is 377 g/mol. The number of nitrogens with one attached hydrogen (secondary N) is 1. The van der Waals surface area contributed by atoms with Crippen LogP contribution >= 0.6 is 0 Å². The molecule has 0 radical (unpaired) electrons. The number of ketones is 1. The Balaban J connectivity index is 1.83. The van der Waals surface area contributed by atoms with Crippen molar-refractivity contribution in [2.75, 3.05) is 0 Å². The third kappa shape index (κ3) is 3.21. The Morgan fingerprint density at radius 3 is 2.24 bits per heavy atom. The molecule has 1 aliphatic rings. The van der Waals surface area contributed by atoms with E-state index in [9.17, 15) is 4.79 Å². The number of hydrogen-bond donors (Lipinski definition) is 1. The molecule has 0 spiro atoms. The van der Waals surface area contributed by atoms with Crippen molar-refractivity contribution >= 4 is 16.7 Å². The molecule has 1 atom stereocenters. The lowest BCUT2D eigenvalue weighted by Gasteiger charge is -2.24. The molecule has 4 aromatic rings. The van der Waals surface area contributed by atoms with Gasteiger partial charge in [0, 0.05) is 28.8 Å². The fourth-order valence-electron chi connectivity index (χ4n) is 4.50. The number of benzene rings is 3. The van der Waals surface area contributed by atoms with E-state index in [1.807, 2.05) is 12.1 Å². The predicted molar refractivity (Wildman–Crippen MR) is 119 cm³/mol. The number of fused-ring (bicyclic) bond motifs is 1. The van der Waals surface area contributed by atoms with Gasteiger partial charge in [0.25, 0.3) is 0 Å². The highest BCUT2D eigenvalue weighted by molar-refractivity contribution is 6.01. The van der Waals surface area contributed by atoms with E-state index < -0.39 is 0 Å². The number of rotatable bonds is 4. The van der Waals surface area contributed by atoms with Crippen molar-refractivity contribution in [1.29, 1.82) is 0 Å². The molecule has 3 aromatic carbocycles. The molecule has 2 heteroatoms. The largest absolute Gasteiger partial charge is 0.354 e. The summed E-state index contributed by atoms with van der Waals surface area (Å²) in [6, 6.07) is 29.3. The van der Waals surface area contributed by atoms with Crippen LogP contribution in [0.5, 0.6) is 0 Å². The van der Waals surface area contributed by atoms with Gasteiger partial charge >= 0.3 is 0 Å². The molecule has 2 nitrogen and oxygen atoms in total. The zero-order valence-corrected chi connectivity index (χ0v) is 16.3. The number of Topliss-reactive ketones (excluding diaryl/α,β-unsaturated/α-hetero) is 1. The average molecular weight is 377 g/mol. The standard InChI is InChI=1S/C27H23NO/c29-24-18-10-8-16-22(24)25(19-11-3-1-4-12-19)26-21-15-7-9-17-23(21)28-27(26)20-13-5-2-6-14-20/h1-7,9,11-17,25,28H,8,10,18H2. The fourth-order valence-corrected chi connectivity index (χ4v) is 4.50. The van der Waals surface area contributed by atoms with Crippen LogP contribution in [0.3, 0.4) is 0 Å². The molecule has 0 aliphatic heterocycles. The van der Waals surface area contributed by atoms with E-state index >= 15 is 0 Å². The first-order valence-corrected chi connectivity index (χ1v) is 10.3. The summed E-state index contributed by atoms with van der Waals surface area (Å²) in [5.41, 5.74) is 6.63. The number of carbonyl (C=O) groups excluding carboxylic acids is 1. The van der Waals surface area contributed by atoms with Crippen molar-refractivity contribution in [3.05, 3.63) is 108 Å². The highest BCUT2D eigenvalue weighted by atomic mass is 16.1. The van der Waals surface area contributed by atoms with Gasteiger partial charge < -0.3 is 4.98 Å². The number of para-hydroxylation sites is 1. The lowest BCUT2D eigenvalue weighted by atomic mass is 9.78. The van der Waals surface area contributed by atoms with Crippen LogP contribution in [0.2, 0.25) is 0 Å². The number of hydrogen-bond acceptors (Lipinski definition) is 1. The summed E-state index contributed by atoms with van der Waals surface area (Å²) in [6.07, 6.45) is 4.72. The summed E-state index contributed by atoms with van der Waals surface area (Å²) in [6.45, 7) is 0. The van der Waals surface area contributed by atoms with E-state index in [4.69, 9.17) is 0 Å². The molecule has 0 amide bonds. The molecule has 29 heavy (non-hydrogen) atoms. The van der Waals surface area contributed by atoms with Gasteiger partial charge in [-0.2, -0.15) is 0 Å². The Hall–Kier alpha value is -3.39. The quantitative estimate of drug-likeness (QED) is 0.424. The first-order chi connectivity index (χ1) is 14.3. The molecule has 142 valence electrons. The minimum atomic E-state index is -0.0737. The van der Waals surface area contributed by atoms with Crippen LogP contribution in [0.25, 0.3) is 22.2 Å². The summed E-state index contributed by atoms with van der Waals surface area (Å²) < 4.78 is 0. The summed E-state index contributed by atoms with van der Waals surface area (Å²) in [5.74, 6) is 0.199. The number of H-pyrrole nitrogens is 1. The van der Waals surface area contributed by atoms with Crippen LogP contribution in [-0.4, -0.2) is 10.8 Å². The average Bonchev–Trinajstić information content (AvgIpc) is 3.16. The van der Waals surface area contributed by atoms with Crippen molar-refractivity contribution in [2.45, 2.75) is 25.2 Å². The zero-order chi connectivity index (χ0) is 19.6. The van der Waals surface area contributed by atoms with E-state index in [2.05, 4.69) is 83.9 Å². The lowest BCUT2D eigenvalue weighted by molar-refractivity contribution is -0.116. The smallest absolute Gasteiger partial charge is 0.159 e. The molecule has 0 saturated carbocycles. The number of allylic oxidation sites excluding steroid dienone is 2. The fraction of sp³-hybridized carbons (Fsp3) is 0.148. The van der Waals surface area contributed by atoms with Crippen molar-refractivity contribution in [3.8, 4) is 11.3 Å². The van der Waals surface area contributed by atoms with E-state index in [1.54, 1.807) is 0 Å². The second-order valence-corrected chi connectivity index (χ2v) is 7.64. The first kappa shape index (κ1) is 17.7. The Labute approximate surface area is 170 Å². The van der Waals surface area contributed by atoms with Crippen LogP contribution in [0.4, 0.5) is 0 Å². The van der Waals surface area contributed by atoms with E-state index in [0.29, 0.717) is 6.42 Å². The number of carbonyl (C=O) groups is 1. The Kier molecular flexibility index (Phi) is 4.61. The van der Waals surface area contributed by atoms with Gasteiger partial charge in [0.05, 0.1) is 5.69 Å². The molecule has 5 rings (SSSR count). The molecule has 1 aromatic heterocycles. The van der Waals surface area contributed by atoms with Crippen LogP contribution in [0, 0.1) is 0 Å². The van der Waals surface area contributed by atoms with E-state index in [0.717, 1.165) is 40.8 Å². The van der Waals surface area contributed by atoms with Crippen molar-refractivity contribution < 1.29 is 4.79 Å². The van der Waals surface area contributed by atoms with E-state index in [1.165, 1.54) is 10.9 Å². The molecule has 1 aliphatic carbocycles. The Bertz CT molecular complexity index is 1190. The highest BCUT2D eigenvalue weighted by Crippen LogP contribution is 2.43. The molecule has 0 saturated heterocycles. The van der Waals surface area contributed by atoms with Crippen molar-refractivity contribution in [2.24, 2.45) is 0 Å². The third-order valence-corrected chi connectivity index (χ3v) is 5.84. The summed E-state index contributed by atoms with van der Waals surface area (Å²) in [5, 5.41) is 1.18. The van der Waals surface area contributed by atoms with Gasteiger partial charge in [0.15, 0.2) is 5.78 Å². The normalized spacial score (nSPS) is 15.3. The maximum Gasteiger partial charge on any atom is 0.159 e. The Morgan fingerprint density at radius 1 is 0.793 bits per heavy atom. The number of aromatic nitrogens is 1. The maximum atomic E-state index is 13.0. The minimum absolute atomic E-state index is 0.0737.